The molecule has 1 amide bonds. The van der Waals surface area contributed by atoms with E-state index in [1.54, 1.807) is 12.1 Å². The SMILES string of the molecule is COc1cc2ncnc(NCCCNS(=O)(=O)NC(=O)O)c2cc1OC. The molecule has 0 atom stereocenters. The third-order valence-corrected chi connectivity index (χ3v) is 4.33. The van der Waals surface area contributed by atoms with E-state index in [-0.39, 0.29) is 6.54 Å². The molecule has 0 aliphatic heterocycles. The molecule has 142 valence electrons. The van der Waals surface area contributed by atoms with Crippen molar-refractivity contribution < 1.29 is 27.8 Å². The molecule has 0 saturated carbocycles. The summed E-state index contributed by atoms with van der Waals surface area (Å²) in [6, 6.07) is 3.47. The Kier molecular flexibility index (Phi) is 6.36. The van der Waals surface area contributed by atoms with E-state index >= 15 is 0 Å². The van der Waals surface area contributed by atoms with Crippen LogP contribution in [0.3, 0.4) is 0 Å². The summed E-state index contributed by atoms with van der Waals surface area (Å²) >= 11 is 0. The molecule has 0 spiro atoms. The molecule has 0 saturated heterocycles. The van der Waals surface area contributed by atoms with E-state index in [1.807, 2.05) is 0 Å². The van der Waals surface area contributed by atoms with Gasteiger partial charge >= 0.3 is 16.3 Å². The zero-order valence-electron chi connectivity index (χ0n) is 14.1. The summed E-state index contributed by atoms with van der Waals surface area (Å²) in [5.74, 6) is 1.64. The van der Waals surface area contributed by atoms with Crippen molar-refractivity contribution in [2.75, 3.05) is 32.6 Å². The van der Waals surface area contributed by atoms with Gasteiger partial charge in [-0.1, -0.05) is 0 Å². The molecular formula is C14H19N5O6S. The molecular weight excluding hydrogens is 366 g/mol. The minimum absolute atomic E-state index is 0.0514. The van der Waals surface area contributed by atoms with Crippen molar-refractivity contribution in [2.45, 2.75) is 6.42 Å². The van der Waals surface area contributed by atoms with Crippen LogP contribution in [0.15, 0.2) is 18.5 Å². The Hall–Kier alpha value is -2.86. The average molecular weight is 385 g/mol. The Balaban J connectivity index is 2.00. The number of ether oxygens (including phenoxy) is 2. The van der Waals surface area contributed by atoms with E-state index in [0.717, 1.165) is 5.39 Å². The van der Waals surface area contributed by atoms with Crippen molar-refractivity contribution >= 4 is 33.0 Å². The standard InChI is InChI=1S/C14H19N5O6S/c1-24-11-6-9-10(7-12(11)25-2)16-8-17-13(9)15-4-3-5-18-26(22,23)19-14(20)21/h6-8,18-19H,3-5H2,1-2H3,(H,20,21)(H,15,16,17). The van der Waals surface area contributed by atoms with Crippen molar-refractivity contribution in [3.05, 3.63) is 18.5 Å². The van der Waals surface area contributed by atoms with E-state index < -0.39 is 16.3 Å². The fourth-order valence-corrected chi connectivity index (χ4v) is 2.89. The van der Waals surface area contributed by atoms with Gasteiger partial charge < -0.3 is 19.9 Å². The second-order valence-corrected chi connectivity index (χ2v) is 6.53. The van der Waals surface area contributed by atoms with Crippen molar-refractivity contribution in [2.24, 2.45) is 0 Å². The summed E-state index contributed by atoms with van der Waals surface area (Å²) in [6.45, 7) is 0.450. The molecule has 0 aliphatic carbocycles. The third-order valence-electron chi connectivity index (χ3n) is 3.30. The molecule has 4 N–H and O–H groups in total. The first-order valence-electron chi connectivity index (χ1n) is 7.47. The molecule has 0 fully saturated rings. The van der Waals surface area contributed by atoms with Gasteiger partial charge in [-0.3, -0.25) is 0 Å². The average Bonchev–Trinajstić information content (AvgIpc) is 2.59. The van der Waals surface area contributed by atoms with Crippen LogP contribution < -0.4 is 24.2 Å². The number of fused-ring (bicyclic) bond motifs is 1. The quantitative estimate of drug-likeness (QED) is 0.453. The highest BCUT2D eigenvalue weighted by molar-refractivity contribution is 7.88. The van der Waals surface area contributed by atoms with E-state index in [0.29, 0.717) is 35.8 Å². The van der Waals surface area contributed by atoms with Gasteiger partial charge in [0, 0.05) is 24.5 Å². The largest absolute Gasteiger partial charge is 0.493 e. The normalized spacial score (nSPS) is 11.2. The van der Waals surface area contributed by atoms with Gasteiger partial charge in [0.25, 0.3) is 0 Å². The molecule has 0 aliphatic rings. The van der Waals surface area contributed by atoms with E-state index in [9.17, 15) is 13.2 Å². The van der Waals surface area contributed by atoms with Gasteiger partial charge in [0.05, 0.1) is 19.7 Å². The summed E-state index contributed by atoms with van der Waals surface area (Å²) in [6.07, 6.45) is 0.155. The number of hydrogen-bond acceptors (Lipinski definition) is 8. The van der Waals surface area contributed by atoms with E-state index in [4.69, 9.17) is 14.6 Å². The number of nitrogens with zero attached hydrogens (tertiary/aromatic N) is 2. The molecule has 2 rings (SSSR count). The zero-order chi connectivity index (χ0) is 19.2. The Morgan fingerprint density at radius 2 is 1.85 bits per heavy atom. The molecule has 1 heterocycles. The first kappa shape index (κ1) is 19.5. The number of amides is 1. The maximum atomic E-state index is 11.3. The lowest BCUT2D eigenvalue weighted by molar-refractivity contribution is 0.201. The van der Waals surface area contributed by atoms with Gasteiger partial charge in [0.2, 0.25) is 0 Å². The number of methoxy groups -OCH3 is 2. The van der Waals surface area contributed by atoms with Crippen molar-refractivity contribution in [3.63, 3.8) is 0 Å². The van der Waals surface area contributed by atoms with Crippen LogP contribution in [0.2, 0.25) is 0 Å². The monoisotopic (exact) mass is 385 g/mol. The van der Waals surface area contributed by atoms with Gasteiger partial charge in [-0.15, -0.1) is 0 Å². The molecule has 0 radical (unpaired) electrons. The van der Waals surface area contributed by atoms with Gasteiger partial charge in [-0.05, 0) is 12.5 Å². The van der Waals surface area contributed by atoms with Gasteiger partial charge in [-0.25, -0.2) is 19.5 Å². The number of carbonyl (C=O) groups is 1. The van der Waals surface area contributed by atoms with E-state index in [1.165, 1.54) is 25.3 Å². The van der Waals surface area contributed by atoms with Gasteiger partial charge in [-0.2, -0.15) is 13.1 Å². The lowest BCUT2D eigenvalue weighted by Crippen LogP contribution is -2.40. The number of aromatic nitrogens is 2. The number of benzene rings is 1. The third kappa shape index (κ3) is 5.07. The summed E-state index contributed by atoms with van der Waals surface area (Å²) in [5, 5.41) is 12.2. The molecule has 0 unspecified atom stereocenters. The lowest BCUT2D eigenvalue weighted by Gasteiger charge is -2.12. The molecule has 1 aromatic heterocycles. The smallest absolute Gasteiger partial charge is 0.419 e. The zero-order valence-corrected chi connectivity index (χ0v) is 15.0. The second-order valence-electron chi connectivity index (χ2n) is 5.03. The Bertz CT molecular complexity index is 889. The maximum absolute atomic E-state index is 11.3. The summed E-state index contributed by atoms with van der Waals surface area (Å²) < 4.78 is 36.6. The number of nitrogens with one attached hydrogen (secondary N) is 3. The van der Waals surface area contributed by atoms with Crippen LogP contribution in [0.4, 0.5) is 10.6 Å². The summed E-state index contributed by atoms with van der Waals surface area (Å²) in [5.41, 5.74) is 0.659. The van der Waals surface area contributed by atoms with E-state index in [2.05, 4.69) is 20.0 Å². The first-order valence-corrected chi connectivity index (χ1v) is 8.95. The maximum Gasteiger partial charge on any atom is 0.419 e. The Morgan fingerprint density at radius 1 is 1.15 bits per heavy atom. The van der Waals surface area contributed by atoms with Crippen molar-refractivity contribution in [1.82, 2.24) is 19.4 Å². The van der Waals surface area contributed by atoms with Crippen LogP contribution >= 0.6 is 0 Å². The molecule has 0 bridgehead atoms. The summed E-state index contributed by atoms with van der Waals surface area (Å²) in [7, 11) is -1.00. The number of carboxylic acid groups (broad SMARTS) is 1. The minimum Gasteiger partial charge on any atom is -0.493 e. The fraction of sp³-hybridized carbons (Fsp3) is 0.357. The Morgan fingerprint density at radius 3 is 2.50 bits per heavy atom. The van der Waals surface area contributed by atoms with Crippen LogP contribution in [-0.2, 0) is 10.2 Å². The predicted octanol–water partition coefficient (Wildman–Crippen LogP) is 0.551. The number of hydrogen-bond donors (Lipinski definition) is 4. The fourth-order valence-electron chi connectivity index (χ4n) is 2.18. The predicted molar refractivity (Wildman–Crippen MR) is 93.8 cm³/mol. The van der Waals surface area contributed by atoms with Gasteiger partial charge in [0.1, 0.15) is 12.1 Å². The van der Waals surface area contributed by atoms with Crippen LogP contribution in [-0.4, -0.2) is 56.9 Å². The van der Waals surface area contributed by atoms with Crippen LogP contribution in [0.5, 0.6) is 11.5 Å². The first-order chi connectivity index (χ1) is 12.4. The molecule has 2 aromatic rings. The van der Waals surface area contributed by atoms with Crippen LogP contribution in [0.25, 0.3) is 10.9 Å². The lowest BCUT2D eigenvalue weighted by atomic mass is 10.2. The number of anilines is 1. The highest BCUT2D eigenvalue weighted by Crippen LogP contribution is 2.33. The highest BCUT2D eigenvalue weighted by Gasteiger charge is 2.12. The molecule has 12 heteroatoms. The van der Waals surface area contributed by atoms with Crippen molar-refractivity contribution in [3.8, 4) is 11.5 Å². The molecule has 11 nitrogen and oxygen atoms in total. The highest BCUT2D eigenvalue weighted by atomic mass is 32.2. The topological polar surface area (TPSA) is 152 Å². The van der Waals surface area contributed by atoms with Gasteiger partial charge in [0.15, 0.2) is 11.5 Å². The van der Waals surface area contributed by atoms with Crippen LogP contribution in [0, 0.1) is 0 Å². The molecule has 26 heavy (non-hydrogen) atoms. The summed E-state index contributed by atoms with van der Waals surface area (Å²) in [4.78, 5) is 18.7. The second kappa shape index (κ2) is 8.49. The van der Waals surface area contributed by atoms with Crippen LogP contribution in [0.1, 0.15) is 6.42 Å². The minimum atomic E-state index is -4.06. The van der Waals surface area contributed by atoms with Crippen molar-refractivity contribution in [1.29, 1.82) is 0 Å². The Labute approximate surface area is 149 Å². The molecule has 1 aromatic carbocycles. The number of rotatable bonds is 9.